The molecule has 0 saturated carbocycles. The molecule has 0 aliphatic heterocycles. The molecule has 4 nitrogen and oxygen atoms in total. The second kappa shape index (κ2) is 7.38. The monoisotopic (exact) mass is 339 g/mol. The van der Waals surface area contributed by atoms with Gasteiger partial charge in [0.05, 0.1) is 0 Å². The Morgan fingerprint density at radius 1 is 1.08 bits per heavy atom. The van der Waals surface area contributed by atoms with E-state index < -0.39 is 11.7 Å². The molecule has 1 aliphatic carbocycles. The van der Waals surface area contributed by atoms with Crippen LogP contribution < -0.4 is 5.73 Å². The quantitative estimate of drug-likeness (QED) is 0.459. The molecular formula is C21H25NO3. The van der Waals surface area contributed by atoms with E-state index in [0.29, 0.717) is 6.42 Å². The lowest BCUT2D eigenvalue weighted by Crippen LogP contribution is -2.49. The van der Waals surface area contributed by atoms with Crippen LogP contribution in [0.15, 0.2) is 48.5 Å². The van der Waals surface area contributed by atoms with Crippen LogP contribution in [0, 0.1) is 0 Å². The van der Waals surface area contributed by atoms with Gasteiger partial charge in [-0.05, 0) is 28.7 Å². The van der Waals surface area contributed by atoms with Gasteiger partial charge in [-0.15, -0.1) is 0 Å². The number of hydrogen-bond acceptors (Lipinski definition) is 4. The van der Waals surface area contributed by atoms with Crippen molar-refractivity contribution in [3.05, 3.63) is 59.7 Å². The zero-order chi connectivity index (χ0) is 17.9. The van der Waals surface area contributed by atoms with Gasteiger partial charge in [0.1, 0.15) is 6.61 Å². The van der Waals surface area contributed by atoms with Crippen molar-refractivity contribution < 1.29 is 14.6 Å². The standard InChI is InChI=1S/C21H25NO3/c1-2-3-8-13-21(22,24)20(23)25-14-19-17-11-6-4-9-15(17)16-10-5-7-12-18(16)19/h4-7,9-12,19,24H,2-3,8,13-14,22H2,1H3. The van der Waals surface area contributed by atoms with E-state index in [-0.39, 0.29) is 18.9 Å². The first-order chi connectivity index (χ1) is 12.0. The number of carbonyl (C=O) groups is 1. The van der Waals surface area contributed by atoms with E-state index in [4.69, 9.17) is 10.5 Å². The number of aliphatic hydroxyl groups is 1. The molecule has 132 valence electrons. The Kier molecular flexibility index (Phi) is 5.21. The van der Waals surface area contributed by atoms with Gasteiger partial charge in [0.2, 0.25) is 5.72 Å². The topological polar surface area (TPSA) is 72.5 Å². The first kappa shape index (κ1) is 17.6. The van der Waals surface area contributed by atoms with Crippen molar-refractivity contribution in [2.45, 2.75) is 44.2 Å². The summed E-state index contributed by atoms with van der Waals surface area (Å²) in [7, 11) is 0. The Bertz CT molecular complexity index is 709. The highest BCUT2D eigenvalue weighted by Crippen LogP contribution is 2.44. The van der Waals surface area contributed by atoms with E-state index in [2.05, 4.69) is 31.2 Å². The third-order valence-electron chi connectivity index (χ3n) is 4.86. The smallest absolute Gasteiger partial charge is 0.353 e. The van der Waals surface area contributed by atoms with Crippen molar-refractivity contribution in [3.63, 3.8) is 0 Å². The number of esters is 1. The van der Waals surface area contributed by atoms with Crippen LogP contribution in [0.1, 0.15) is 49.7 Å². The normalized spacial score (nSPS) is 15.3. The van der Waals surface area contributed by atoms with Crippen LogP contribution in [-0.4, -0.2) is 23.4 Å². The van der Waals surface area contributed by atoms with Crippen LogP contribution in [0.5, 0.6) is 0 Å². The Hall–Kier alpha value is -2.17. The molecule has 3 N–H and O–H groups in total. The average Bonchev–Trinajstić information content (AvgIpc) is 2.94. The molecule has 25 heavy (non-hydrogen) atoms. The van der Waals surface area contributed by atoms with E-state index in [1.165, 1.54) is 11.1 Å². The predicted octanol–water partition coefficient (Wildman–Crippen LogP) is 3.57. The maximum Gasteiger partial charge on any atom is 0.353 e. The molecule has 4 heteroatoms. The highest BCUT2D eigenvalue weighted by atomic mass is 16.6. The van der Waals surface area contributed by atoms with Gasteiger partial charge < -0.3 is 9.84 Å². The summed E-state index contributed by atoms with van der Waals surface area (Å²) in [6.45, 7) is 2.24. The van der Waals surface area contributed by atoms with E-state index in [9.17, 15) is 9.90 Å². The van der Waals surface area contributed by atoms with Crippen molar-refractivity contribution in [1.82, 2.24) is 0 Å². The average molecular weight is 339 g/mol. The molecule has 0 fully saturated rings. The minimum Gasteiger partial charge on any atom is -0.462 e. The Morgan fingerprint density at radius 3 is 2.20 bits per heavy atom. The molecule has 3 rings (SSSR count). The second-order valence-corrected chi connectivity index (χ2v) is 6.71. The van der Waals surface area contributed by atoms with Gasteiger partial charge in [-0.1, -0.05) is 68.3 Å². The van der Waals surface area contributed by atoms with Crippen LogP contribution in [0.2, 0.25) is 0 Å². The maximum atomic E-state index is 12.2. The van der Waals surface area contributed by atoms with E-state index in [1.54, 1.807) is 0 Å². The number of nitrogens with two attached hydrogens (primary N) is 1. The number of ether oxygens (including phenoxy) is 1. The van der Waals surface area contributed by atoms with Gasteiger partial charge in [0, 0.05) is 12.3 Å². The summed E-state index contributed by atoms with van der Waals surface area (Å²) in [6.07, 6.45) is 2.85. The lowest BCUT2D eigenvalue weighted by atomic mass is 9.98. The first-order valence-electron chi connectivity index (χ1n) is 8.91. The zero-order valence-electron chi connectivity index (χ0n) is 14.6. The van der Waals surface area contributed by atoms with Crippen molar-refractivity contribution in [2.75, 3.05) is 6.61 Å². The third kappa shape index (κ3) is 3.60. The molecule has 1 unspecified atom stereocenters. The summed E-state index contributed by atoms with van der Waals surface area (Å²) in [5.41, 5.74) is 8.47. The SMILES string of the molecule is CCCCCC(N)(O)C(=O)OCC1c2ccccc2-c2ccccc21. The lowest BCUT2D eigenvalue weighted by molar-refractivity contribution is -0.166. The number of unbranched alkanes of at least 4 members (excludes halogenated alkanes) is 2. The molecule has 2 aromatic carbocycles. The van der Waals surface area contributed by atoms with E-state index in [1.807, 2.05) is 24.3 Å². The number of rotatable bonds is 7. The fourth-order valence-electron chi connectivity index (χ4n) is 3.47. The maximum absolute atomic E-state index is 12.2. The van der Waals surface area contributed by atoms with Crippen LogP contribution in [-0.2, 0) is 9.53 Å². The largest absolute Gasteiger partial charge is 0.462 e. The van der Waals surface area contributed by atoms with Crippen molar-refractivity contribution in [3.8, 4) is 11.1 Å². The highest BCUT2D eigenvalue weighted by Gasteiger charge is 2.35. The molecule has 0 heterocycles. The Labute approximate surface area is 148 Å². The highest BCUT2D eigenvalue weighted by molar-refractivity contribution is 5.80. The van der Waals surface area contributed by atoms with Crippen molar-refractivity contribution in [2.24, 2.45) is 5.73 Å². The first-order valence-corrected chi connectivity index (χ1v) is 8.91. The Balaban J connectivity index is 1.72. The van der Waals surface area contributed by atoms with Crippen LogP contribution in [0.4, 0.5) is 0 Å². The number of fused-ring (bicyclic) bond motifs is 3. The summed E-state index contributed by atoms with van der Waals surface area (Å²) in [5, 5.41) is 10.2. The van der Waals surface area contributed by atoms with Crippen LogP contribution in [0.25, 0.3) is 11.1 Å². The van der Waals surface area contributed by atoms with E-state index in [0.717, 1.165) is 24.0 Å². The fourth-order valence-corrected chi connectivity index (χ4v) is 3.47. The summed E-state index contributed by atoms with van der Waals surface area (Å²) in [5.74, 6) is -0.770. The van der Waals surface area contributed by atoms with Crippen LogP contribution >= 0.6 is 0 Å². The molecule has 0 radical (unpaired) electrons. The lowest BCUT2D eigenvalue weighted by Gasteiger charge is -2.22. The number of benzene rings is 2. The van der Waals surface area contributed by atoms with E-state index >= 15 is 0 Å². The third-order valence-corrected chi connectivity index (χ3v) is 4.86. The molecule has 0 amide bonds. The van der Waals surface area contributed by atoms with Crippen molar-refractivity contribution >= 4 is 5.97 Å². The summed E-state index contributed by atoms with van der Waals surface area (Å²) in [6, 6.07) is 16.3. The molecule has 2 aromatic rings. The zero-order valence-corrected chi connectivity index (χ0v) is 14.6. The summed E-state index contributed by atoms with van der Waals surface area (Å²) >= 11 is 0. The molecule has 0 saturated heterocycles. The second-order valence-electron chi connectivity index (χ2n) is 6.71. The van der Waals surface area contributed by atoms with Crippen LogP contribution in [0.3, 0.4) is 0 Å². The molecule has 0 aromatic heterocycles. The summed E-state index contributed by atoms with van der Waals surface area (Å²) < 4.78 is 5.42. The number of hydrogen-bond donors (Lipinski definition) is 2. The van der Waals surface area contributed by atoms with Gasteiger partial charge in [0.25, 0.3) is 0 Å². The molecule has 1 atom stereocenters. The molecular weight excluding hydrogens is 314 g/mol. The Morgan fingerprint density at radius 2 is 1.64 bits per heavy atom. The van der Waals surface area contributed by atoms with Crippen molar-refractivity contribution in [1.29, 1.82) is 0 Å². The van der Waals surface area contributed by atoms with Gasteiger partial charge in [-0.25, -0.2) is 4.79 Å². The van der Waals surface area contributed by atoms with Gasteiger partial charge >= 0.3 is 5.97 Å². The molecule has 0 bridgehead atoms. The van der Waals surface area contributed by atoms with Gasteiger partial charge in [-0.2, -0.15) is 0 Å². The van der Waals surface area contributed by atoms with Gasteiger partial charge in [0.15, 0.2) is 0 Å². The predicted molar refractivity (Wildman–Crippen MR) is 98.0 cm³/mol. The summed E-state index contributed by atoms with van der Waals surface area (Å²) in [4.78, 5) is 12.2. The van der Waals surface area contributed by atoms with Gasteiger partial charge in [-0.3, -0.25) is 5.73 Å². The number of carbonyl (C=O) groups excluding carboxylic acids is 1. The fraction of sp³-hybridized carbons (Fsp3) is 0.381. The molecule has 0 spiro atoms. The molecule has 1 aliphatic rings. The minimum absolute atomic E-state index is 0.0252. The minimum atomic E-state index is -1.91.